The van der Waals surface area contributed by atoms with E-state index in [-0.39, 0.29) is 5.82 Å². The summed E-state index contributed by atoms with van der Waals surface area (Å²) in [5, 5.41) is 0. The molecule has 0 fully saturated rings. The van der Waals surface area contributed by atoms with E-state index >= 15 is 0 Å². The van der Waals surface area contributed by atoms with Crippen molar-refractivity contribution in [2.24, 2.45) is 0 Å². The summed E-state index contributed by atoms with van der Waals surface area (Å²) >= 11 is 0. The Bertz CT molecular complexity index is 726. The molecule has 0 amide bonds. The molecular formula is C18H14FN. The number of hydrogen-bond donors (Lipinski definition) is 0. The minimum atomic E-state index is -0.220. The predicted molar refractivity (Wildman–Crippen MR) is 81.5 cm³/mol. The number of hydrogen-bond acceptors (Lipinski definition) is 0. The van der Waals surface area contributed by atoms with Crippen LogP contribution in [0.5, 0.6) is 0 Å². The van der Waals surface area contributed by atoms with Crippen molar-refractivity contribution in [1.82, 2.24) is 4.57 Å². The second-order valence-electron chi connectivity index (χ2n) is 4.54. The van der Waals surface area contributed by atoms with Gasteiger partial charge < -0.3 is 4.57 Å². The van der Waals surface area contributed by atoms with Gasteiger partial charge in [0, 0.05) is 12.4 Å². The quantitative estimate of drug-likeness (QED) is 0.632. The van der Waals surface area contributed by atoms with Crippen molar-refractivity contribution in [3.05, 3.63) is 84.3 Å². The number of halogens is 1. The van der Waals surface area contributed by atoms with E-state index in [9.17, 15) is 4.39 Å². The highest BCUT2D eigenvalue weighted by atomic mass is 19.1. The second kappa shape index (κ2) is 5.57. The molecule has 20 heavy (non-hydrogen) atoms. The fraction of sp³-hybridized carbons (Fsp3) is 0. The Balaban J connectivity index is 1.91. The molecule has 0 radical (unpaired) electrons. The molecule has 0 saturated heterocycles. The molecule has 0 aliphatic rings. The maximum absolute atomic E-state index is 13.1. The maximum atomic E-state index is 13.1. The summed E-state index contributed by atoms with van der Waals surface area (Å²) in [7, 11) is 0. The lowest BCUT2D eigenvalue weighted by Crippen LogP contribution is -1.88. The monoisotopic (exact) mass is 263 g/mol. The summed E-state index contributed by atoms with van der Waals surface area (Å²) in [6.45, 7) is 0. The van der Waals surface area contributed by atoms with E-state index in [1.165, 1.54) is 12.1 Å². The highest BCUT2D eigenvalue weighted by Gasteiger charge is 2.00. The van der Waals surface area contributed by atoms with Gasteiger partial charge in [-0.15, -0.1) is 0 Å². The van der Waals surface area contributed by atoms with Crippen molar-refractivity contribution in [3.8, 4) is 11.3 Å². The molecule has 2 aromatic carbocycles. The first-order valence-electron chi connectivity index (χ1n) is 6.49. The first-order chi connectivity index (χ1) is 9.83. The van der Waals surface area contributed by atoms with E-state index in [0.29, 0.717) is 0 Å². The Morgan fingerprint density at radius 3 is 2.50 bits per heavy atom. The smallest absolute Gasteiger partial charge is 0.123 e. The zero-order chi connectivity index (χ0) is 13.8. The number of benzene rings is 2. The van der Waals surface area contributed by atoms with Gasteiger partial charge in [-0.2, -0.15) is 0 Å². The van der Waals surface area contributed by atoms with Crippen LogP contribution in [0.1, 0.15) is 5.56 Å². The minimum Gasteiger partial charge on any atom is -0.323 e. The van der Waals surface area contributed by atoms with E-state index in [0.717, 1.165) is 16.8 Å². The lowest BCUT2D eigenvalue weighted by Gasteiger charge is -2.04. The molecule has 3 aromatic rings. The van der Waals surface area contributed by atoms with Crippen molar-refractivity contribution >= 4 is 12.3 Å². The Morgan fingerprint density at radius 2 is 1.70 bits per heavy atom. The van der Waals surface area contributed by atoms with Gasteiger partial charge in [0.1, 0.15) is 5.82 Å². The molecule has 98 valence electrons. The maximum Gasteiger partial charge on any atom is 0.123 e. The van der Waals surface area contributed by atoms with Gasteiger partial charge in [-0.05, 0) is 41.5 Å². The fourth-order valence-corrected chi connectivity index (χ4v) is 2.15. The molecule has 0 bridgehead atoms. The third kappa shape index (κ3) is 2.69. The topological polar surface area (TPSA) is 4.93 Å². The first-order valence-corrected chi connectivity index (χ1v) is 6.49. The summed E-state index contributed by atoms with van der Waals surface area (Å²) in [4.78, 5) is 0. The largest absolute Gasteiger partial charge is 0.323 e. The normalized spacial score (nSPS) is 11.1. The Labute approximate surface area is 117 Å². The highest BCUT2D eigenvalue weighted by molar-refractivity contribution is 5.68. The number of rotatable bonds is 3. The van der Waals surface area contributed by atoms with Crippen molar-refractivity contribution in [2.75, 3.05) is 0 Å². The first kappa shape index (κ1) is 12.4. The van der Waals surface area contributed by atoms with Gasteiger partial charge in [0.05, 0.1) is 5.69 Å². The summed E-state index contributed by atoms with van der Waals surface area (Å²) in [5.74, 6) is -0.220. The van der Waals surface area contributed by atoms with Crippen LogP contribution in [-0.2, 0) is 0 Å². The fourth-order valence-electron chi connectivity index (χ4n) is 2.15. The average Bonchev–Trinajstić information content (AvgIpc) is 2.95. The second-order valence-corrected chi connectivity index (χ2v) is 4.54. The van der Waals surface area contributed by atoms with Crippen LogP contribution in [0.4, 0.5) is 4.39 Å². The van der Waals surface area contributed by atoms with Crippen molar-refractivity contribution in [3.63, 3.8) is 0 Å². The molecule has 0 spiro atoms. The summed E-state index contributed by atoms with van der Waals surface area (Å²) < 4.78 is 15.2. The molecule has 0 saturated carbocycles. The minimum absolute atomic E-state index is 0.220. The van der Waals surface area contributed by atoms with Gasteiger partial charge >= 0.3 is 0 Å². The van der Waals surface area contributed by atoms with E-state index < -0.39 is 0 Å². The Morgan fingerprint density at radius 1 is 0.850 bits per heavy atom. The van der Waals surface area contributed by atoms with E-state index in [1.54, 1.807) is 6.07 Å². The summed E-state index contributed by atoms with van der Waals surface area (Å²) in [6.07, 6.45) is 5.82. The molecular weight excluding hydrogens is 249 g/mol. The molecule has 2 heteroatoms. The zero-order valence-corrected chi connectivity index (χ0v) is 10.9. The Kier molecular flexibility index (Phi) is 3.46. The van der Waals surface area contributed by atoms with Gasteiger partial charge in [0.2, 0.25) is 0 Å². The zero-order valence-electron chi connectivity index (χ0n) is 10.9. The van der Waals surface area contributed by atoms with Crippen molar-refractivity contribution < 1.29 is 4.39 Å². The van der Waals surface area contributed by atoms with Gasteiger partial charge in [-0.25, -0.2) is 4.39 Å². The highest BCUT2D eigenvalue weighted by Crippen LogP contribution is 2.20. The average molecular weight is 263 g/mol. The van der Waals surface area contributed by atoms with E-state index in [2.05, 4.69) is 18.2 Å². The van der Waals surface area contributed by atoms with Crippen LogP contribution in [0.15, 0.2) is 72.9 Å². The molecule has 0 N–H and O–H groups in total. The molecule has 3 rings (SSSR count). The molecule has 1 heterocycles. The molecule has 0 atom stereocenters. The molecule has 0 aliphatic heterocycles. The summed E-state index contributed by atoms with van der Waals surface area (Å²) in [6, 6.07) is 20.8. The summed E-state index contributed by atoms with van der Waals surface area (Å²) in [5.41, 5.74) is 3.11. The third-order valence-corrected chi connectivity index (χ3v) is 3.12. The van der Waals surface area contributed by atoms with Crippen LogP contribution >= 0.6 is 0 Å². The van der Waals surface area contributed by atoms with E-state index in [4.69, 9.17) is 0 Å². The number of nitrogens with zero attached hydrogens (tertiary/aromatic N) is 1. The van der Waals surface area contributed by atoms with E-state index in [1.807, 2.05) is 53.4 Å². The van der Waals surface area contributed by atoms with Gasteiger partial charge in [0.15, 0.2) is 0 Å². The molecule has 0 unspecified atom stereocenters. The van der Waals surface area contributed by atoms with Crippen LogP contribution in [0.25, 0.3) is 23.5 Å². The molecule has 1 aromatic heterocycles. The van der Waals surface area contributed by atoms with Crippen LogP contribution in [0.2, 0.25) is 0 Å². The predicted octanol–water partition coefficient (Wildman–Crippen LogP) is 4.92. The van der Waals surface area contributed by atoms with Gasteiger partial charge in [-0.3, -0.25) is 0 Å². The molecule has 0 aliphatic carbocycles. The van der Waals surface area contributed by atoms with Gasteiger partial charge in [-0.1, -0.05) is 42.5 Å². The van der Waals surface area contributed by atoms with Crippen molar-refractivity contribution in [1.29, 1.82) is 0 Å². The Hall–Kier alpha value is -2.61. The lowest BCUT2D eigenvalue weighted by atomic mass is 10.1. The lowest BCUT2D eigenvalue weighted by molar-refractivity contribution is 0.627. The SMILES string of the molecule is Fc1cccc(/C=C/n2cccc2-c2ccccc2)c1. The van der Waals surface area contributed by atoms with Crippen LogP contribution in [0, 0.1) is 5.82 Å². The van der Waals surface area contributed by atoms with Crippen LogP contribution < -0.4 is 0 Å². The number of aromatic nitrogens is 1. The van der Waals surface area contributed by atoms with Crippen LogP contribution in [-0.4, -0.2) is 4.57 Å². The third-order valence-electron chi connectivity index (χ3n) is 3.12. The van der Waals surface area contributed by atoms with Crippen molar-refractivity contribution in [2.45, 2.75) is 0 Å². The standard InChI is InChI=1S/C18H14FN/c19-17-9-4-6-15(14-17)11-13-20-12-5-10-18(20)16-7-2-1-3-8-16/h1-14H/b13-11+. The molecule has 1 nitrogen and oxygen atoms in total. The van der Waals surface area contributed by atoms with Gasteiger partial charge in [0.25, 0.3) is 0 Å². The van der Waals surface area contributed by atoms with Crippen LogP contribution in [0.3, 0.4) is 0 Å².